The Morgan fingerprint density at radius 2 is 2.08 bits per heavy atom. The molecule has 0 aromatic rings. The molecule has 0 fully saturated rings. The van der Waals surface area contributed by atoms with Gasteiger partial charge in [-0.15, -0.1) is 0 Å². The highest BCUT2D eigenvalue weighted by Crippen LogP contribution is 2.14. The number of carboxylic acids is 1. The number of methoxy groups -OCH3 is 1. The molecule has 0 heterocycles. The molecule has 1 unspecified atom stereocenters. The van der Waals surface area contributed by atoms with E-state index >= 15 is 0 Å². The summed E-state index contributed by atoms with van der Waals surface area (Å²) >= 11 is 0. The molecule has 1 atom stereocenters. The quantitative estimate of drug-likeness (QED) is 0.685. The minimum atomic E-state index is -0.991. The van der Waals surface area contributed by atoms with Crippen molar-refractivity contribution in [2.45, 2.75) is 38.9 Å². The van der Waals surface area contributed by atoms with Gasteiger partial charge in [-0.1, -0.05) is 6.92 Å². The molecule has 78 valence electrons. The van der Waals surface area contributed by atoms with Gasteiger partial charge in [0, 0.05) is 7.11 Å². The van der Waals surface area contributed by atoms with Crippen molar-refractivity contribution in [2.75, 3.05) is 13.7 Å². The van der Waals surface area contributed by atoms with Gasteiger partial charge in [0.2, 0.25) is 0 Å². The van der Waals surface area contributed by atoms with Crippen molar-refractivity contribution in [3.8, 4) is 0 Å². The van der Waals surface area contributed by atoms with Crippen LogP contribution in [0.25, 0.3) is 0 Å². The highest BCUT2D eigenvalue weighted by Gasteiger charge is 2.22. The average molecular weight is 190 g/mol. The van der Waals surface area contributed by atoms with Crippen LogP contribution in [-0.2, 0) is 14.3 Å². The lowest BCUT2D eigenvalue weighted by molar-refractivity contribution is -0.156. The van der Waals surface area contributed by atoms with E-state index in [1.807, 2.05) is 20.8 Å². The monoisotopic (exact) mass is 190 g/mol. The van der Waals surface area contributed by atoms with Crippen molar-refractivity contribution in [2.24, 2.45) is 0 Å². The molecule has 0 radical (unpaired) electrons. The molecule has 0 aromatic heterocycles. The van der Waals surface area contributed by atoms with Crippen molar-refractivity contribution in [3.63, 3.8) is 0 Å². The van der Waals surface area contributed by atoms with Gasteiger partial charge in [-0.05, 0) is 20.3 Å². The summed E-state index contributed by atoms with van der Waals surface area (Å²) in [6, 6.07) is 0. The second-order valence-corrected chi connectivity index (χ2v) is 3.49. The Kier molecular flexibility index (Phi) is 4.95. The second-order valence-electron chi connectivity index (χ2n) is 3.49. The maximum absolute atomic E-state index is 10.5. The van der Waals surface area contributed by atoms with Crippen LogP contribution in [0.3, 0.4) is 0 Å². The fourth-order valence-electron chi connectivity index (χ4n) is 0.643. The molecular formula is C9H18O4. The maximum atomic E-state index is 10.5. The van der Waals surface area contributed by atoms with E-state index in [4.69, 9.17) is 14.6 Å². The van der Waals surface area contributed by atoms with Gasteiger partial charge < -0.3 is 14.6 Å². The first-order chi connectivity index (χ1) is 5.93. The predicted octanol–water partition coefficient (Wildman–Crippen LogP) is 1.29. The van der Waals surface area contributed by atoms with Crippen LogP contribution in [0.2, 0.25) is 0 Å². The van der Waals surface area contributed by atoms with E-state index in [1.165, 1.54) is 7.11 Å². The largest absolute Gasteiger partial charge is 0.479 e. The van der Waals surface area contributed by atoms with Gasteiger partial charge >= 0.3 is 5.97 Å². The Hall–Kier alpha value is -0.610. The molecule has 4 heteroatoms. The molecule has 0 aliphatic heterocycles. The zero-order valence-electron chi connectivity index (χ0n) is 8.66. The van der Waals surface area contributed by atoms with Gasteiger partial charge in [0.1, 0.15) is 0 Å². The summed E-state index contributed by atoms with van der Waals surface area (Å²) in [5.74, 6) is -0.991. The van der Waals surface area contributed by atoms with Gasteiger partial charge in [0.15, 0.2) is 6.10 Å². The van der Waals surface area contributed by atoms with Crippen molar-refractivity contribution >= 4 is 5.97 Å². The Balaban J connectivity index is 3.92. The molecule has 0 saturated carbocycles. The van der Waals surface area contributed by atoms with E-state index in [-0.39, 0.29) is 12.2 Å². The fourth-order valence-corrected chi connectivity index (χ4v) is 0.643. The average Bonchev–Trinajstić information content (AvgIpc) is 2.05. The van der Waals surface area contributed by atoms with Gasteiger partial charge in [-0.25, -0.2) is 4.79 Å². The molecule has 0 aromatic carbocycles. The summed E-state index contributed by atoms with van der Waals surface area (Å²) in [4.78, 5) is 10.5. The van der Waals surface area contributed by atoms with E-state index < -0.39 is 12.1 Å². The molecular weight excluding hydrogens is 172 g/mol. The van der Waals surface area contributed by atoms with E-state index in [1.54, 1.807) is 0 Å². The normalized spacial score (nSPS) is 14.2. The third-order valence-corrected chi connectivity index (χ3v) is 2.04. The number of hydrogen-bond donors (Lipinski definition) is 1. The lowest BCUT2D eigenvalue weighted by Crippen LogP contribution is -2.33. The molecule has 0 bridgehead atoms. The van der Waals surface area contributed by atoms with Gasteiger partial charge in [0.05, 0.1) is 12.2 Å². The summed E-state index contributed by atoms with van der Waals surface area (Å²) in [5, 5.41) is 8.64. The van der Waals surface area contributed by atoms with E-state index in [0.29, 0.717) is 0 Å². The standard InChI is InChI=1S/C9H18O4/c1-5-9(2,3)13-6-7(12-4)8(10)11/h7H,5-6H2,1-4H3,(H,10,11). The summed E-state index contributed by atoms with van der Waals surface area (Å²) in [6.07, 6.45) is -0.0332. The summed E-state index contributed by atoms with van der Waals surface area (Å²) in [6.45, 7) is 5.92. The Bertz CT molecular complexity index is 165. The van der Waals surface area contributed by atoms with Crippen LogP contribution in [0.1, 0.15) is 27.2 Å². The van der Waals surface area contributed by atoms with Crippen LogP contribution in [0, 0.1) is 0 Å². The zero-order chi connectivity index (χ0) is 10.5. The third kappa shape index (κ3) is 4.85. The number of rotatable bonds is 6. The third-order valence-electron chi connectivity index (χ3n) is 2.04. The van der Waals surface area contributed by atoms with Crippen LogP contribution in [0.4, 0.5) is 0 Å². The van der Waals surface area contributed by atoms with Gasteiger partial charge in [-0.2, -0.15) is 0 Å². The van der Waals surface area contributed by atoms with E-state index in [0.717, 1.165) is 6.42 Å². The number of aliphatic carboxylic acids is 1. The summed E-state index contributed by atoms with van der Waals surface area (Å²) in [5.41, 5.74) is -0.285. The highest BCUT2D eigenvalue weighted by molar-refractivity contribution is 5.72. The number of ether oxygens (including phenoxy) is 2. The van der Waals surface area contributed by atoms with Crippen molar-refractivity contribution < 1.29 is 19.4 Å². The van der Waals surface area contributed by atoms with Crippen molar-refractivity contribution in [1.82, 2.24) is 0 Å². The fraction of sp³-hybridized carbons (Fsp3) is 0.889. The maximum Gasteiger partial charge on any atom is 0.335 e. The minimum Gasteiger partial charge on any atom is -0.479 e. The minimum absolute atomic E-state index is 0.0900. The highest BCUT2D eigenvalue weighted by atomic mass is 16.6. The van der Waals surface area contributed by atoms with Crippen LogP contribution in [0.15, 0.2) is 0 Å². The zero-order valence-corrected chi connectivity index (χ0v) is 8.66. The number of hydrogen-bond acceptors (Lipinski definition) is 3. The topological polar surface area (TPSA) is 55.8 Å². The second kappa shape index (κ2) is 5.19. The molecule has 0 aliphatic rings. The molecule has 0 spiro atoms. The van der Waals surface area contributed by atoms with Crippen molar-refractivity contribution in [3.05, 3.63) is 0 Å². The first-order valence-electron chi connectivity index (χ1n) is 4.32. The molecule has 4 nitrogen and oxygen atoms in total. The first-order valence-corrected chi connectivity index (χ1v) is 4.32. The van der Waals surface area contributed by atoms with Crippen LogP contribution >= 0.6 is 0 Å². The lowest BCUT2D eigenvalue weighted by atomic mass is 10.1. The molecule has 0 rings (SSSR count). The van der Waals surface area contributed by atoms with Crippen molar-refractivity contribution in [1.29, 1.82) is 0 Å². The SMILES string of the molecule is CCC(C)(C)OCC(OC)C(=O)O. The van der Waals surface area contributed by atoms with Crippen LogP contribution < -0.4 is 0 Å². The van der Waals surface area contributed by atoms with Crippen LogP contribution in [-0.4, -0.2) is 36.5 Å². The number of carbonyl (C=O) groups is 1. The molecule has 0 amide bonds. The molecule has 13 heavy (non-hydrogen) atoms. The van der Waals surface area contributed by atoms with E-state index in [2.05, 4.69) is 0 Å². The Morgan fingerprint density at radius 1 is 1.54 bits per heavy atom. The Morgan fingerprint density at radius 3 is 2.38 bits per heavy atom. The predicted molar refractivity (Wildman–Crippen MR) is 48.8 cm³/mol. The molecule has 0 saturated heterocycles. The van der Waals surface area contributed by atoms with E-state index in [9.17, 15) is 4.79 Å². The summed E-state index contributed by atoms with van der Waals surface area (Å²) < 4.78 is 10.1. The van der Waals surface area contributed by atoms with Crippen LogP contribution in [0.5, 0.6) is 0 Å². The molecule has 0 aliphatic carbocycles. The van der Waals surface area contributed by atoms with Gasteiger partial charge in [0.25, 0.3) is 0 Å². The summed E-state index contributed by atoms with van der Waals surface area (Å²) in [7, 11) is 1.36. The number of carboxylic acid groups (broad SMARTS) is 1. The smallest absolute Gasteiger partial charge is 0.335 e. The Labute approximate surface area is 78.8 Å². The molecule has 1 N–H and O–H groups in total. The van der Waals surface area contributed by atoms with Gasteiger partial charge in [-0.3, -0.25) is 0 Å². The first kappa shape index (κ1) is 12.4. The lowest BCUT2D eigenvalue weighted by Gasteiger charge is -2.25.